The number of ether oxygens (including phenoxy) is 2. The number of halogens is 1. The Hall–Kier alpha value is -2.49. The van der Waals surface area contributed by atoms with E-state index < -0.39 is 35.2 Å². The van der Waals surface area contributed by atoms with Crippen molar-refractivity contribution < 1.29 is 23.9 Å². The van der Waals surface area contributed by atoms with Gasteiger partial charge in [-0.3, -0.25) is 4.79 Å². The van der Waals surface area contributed by atoms with Gasteiger partial charge in [-0.25, -0.2) is 9.59 Å². The molecule has 1 N–H and O–H groups in total. The third kappa shape index (κ3) is 11.5. The van der Waals surface area contributed by atoms with Crippen molar-refractivity contribution >= 4 is 39.6 Å². The normalized spacial score (nSPS) is 12.9. The Kier molecular flexibility index (Phi) is 9.61. The SMILES string of the molecule is CN(N=Nc1ccc(Br)cc1)C(=O)N[C@@H](CCC(=O)OC(C)(C)C)C(=O)OC(C)(C)C. The van der Waals surface area contributed by atoms with E-state index in [1.165, 1.54) is 7.05 Å². The van der Waals surface area contributed by atoms with E-state index in [1.54, 1.807) is 65.8 Å². The molecule has 0 bridgehead atoms. The van der Waals surface area contributed by atoms with Crippen molar-refractivity contribution in [2.75, 3.05) is 7.05 Å². The van der Waals surface area contributed by atoms with Crippen LogP contribution in [-0.2, 0) is 19.1 Å². The highest BCUT2D eigenvalue weighted by atomic mass is 79.9. The number of hydrogen-bond acceptors (Lipinski definition) is 7. The summed E-state index contributed by atoms with van der Waals surface area (Å²) in [7, 11) is 1.40. The summed E-state index contributed by atoms with van der Waals surface area (Å²) < 4.78 is 11.5. The second-order valence-electron chi connectivity index (χ2n) is 8.85. The lowest BCUT2D eigenvalue weighted by Gasteiger charge is -2.25. The summed E-state index contributed by atoms with van der Waals surface area (Å²) in [6.07, 6.45) is -0.0428. The van der Waals surface area contributed by atoms with Crippen LogP contribution < -0.4 is 5.32 Å². The fraction of sp³-hybridized carbons (Fsp3) is 0.571. The Balaban J connectivity index is 2.81. The molecule has 0 aromatic heterocycles. The molecule has 1 rings (SSSR count). The summed E-state index contributed by atoms with van der Waals surface area (Å²) in [6, 6.07) is 5.33. The third-order valence-electron chi connectivity index (χ3n) is 3.46. The molecule has 0 radical (unpaired) electrons. The number of nitrogens with one attached hydrogen (secondary N) is 1. The third-order valence-corrected chi connectivity index (χ3v) is 3.99. The molecule has 10 heteroatoms. The predicted octanol–water partition coefficient (Wildman–Crippen LogP) is 4.92. The van der Waals surface area contributed by atoms with E-state index in [4.69, 9.17) is 9.47 Å². The van der Waals surface area contributed by atoms with Crippen LogP contribution in [0.15, 0.2) is 39.1 Å². The van der Waals surface area contributed by atoms with Crippen molar-refractivity contribution in [3.63, 3.8) is 0 Å². The molecule has 0 heterocycles. The molecule has 9 nitrogen and oxygen atoms in total. The van der Waals surface area contributed by atoms with Crippen LogP contribution in [0.4, 0.5) is 10.5 Å². The molecule has 0 fully saturated rings. The highest BCUT2D eigenvalue weighted by Gasteiger charge is 2.29. The van der Waals surface area contributed by atoms with Gasteiger partial charge in [0.15, 0.2) is 0 Å². The van der Waals surface area contributed by atoms with Crippen LogP contribution in [0.3, 0.4) is 0 Å². The number of nitrogens with zero attached hydrogens (tertiary/aromatic N) is 3. The summed E-state index contributed by atoms with van der Waals surface area (Å²) >= 11 is 3.33. The lowest BCUT2D eigenvalue weighted by molar-refractivity contribution is -0.158. The molecule has 31 heavy (non-hydrogen) atoms. The van der Waals surface area contributed by atoms with E-state index in [0.717, 1.165) is 9.48 Å². The van der Waals surface area contributed by atoms with Crippen molar-refractivity contribution in [3.05, 3.63) is 28.7 Å². The Morgan fingerprint density at radius 3 is 2.10 bits per heavy atom. The second-order valence-corrected chi connectivity index (χ2v) is 9.77. The maximum atomic E-state index is 12.6. The van der Waals surface area contributed by atoms with Crippen LogP contribution in [0.5, 0.6) is 0 Å². The Labute approximate surface area is 191 Å². The van der Waals surface area contributed by atoms with Crippen molar-refractivity contribution in [2.24, 2.45) is 10.3 Å². The maximum Gasteiger partial charge on any atom is 0.339 e. The van der Waals surface area contributed by atoms with Crippen molar-refractivity contribution in [1.29, 1.82) is 0 Å². The number of carbonyl (C=O) groups excluding carboxylic acids is 3. The van der Waals surface area contributed by atoms with Crippen LogP contribution in [-0.4, -0.2) is 47.3 Å². The topological polar surface area (TPSA) is 110 Å². The van der Waals surface area contributed by atoms with Gasteiger partial charge in [0.05, 0.1) is 5.69 Å². The molecule has 1 aromatic carbocycles. The number of hydrogen-bond donors (Lipinski definition) is 1. The molecule has 0 saturated carbocycles. The first-order valence-corrected chi connectivity index (χ1v) is 10.6. The van der Waals surface area contributed by atoms with Gasteiger partial charge in [0.25, 0.3) is 0 Å². The van der Waals surface area contributed by atoms with E-state index >= 15 is 0 Å². The molecule has 0 spiro atoms. The van der Waals surface area contributed by atoms with E-state index in [0.29, 0.717) is 5.69 Å². The number of urea groups is 1. The highest BCUT2D eigenvalue weighted by Crippen LogP contribution is 2.17. The zero-order valence-corrected chi connectivity index (χ0v) is 20.6. The molecular weight excluding hydrogens is 468 g/mol. The molecule has 2 amide bonds. The fourth-order valence-electron chi connectivity index (χ4n) is 2.19. The molecule has 0 saturated heterocycles. The summed E-state index contributed by atoms with van der Waals surface area (Å²) in [6.45, 7) is 10.4. The van der Waals surface area contributed by atoms with E-state index in [9.17, 15) is 14.4 Å². The van der Waals surface area contributed by atoms with Gasteiger partial charge >= 0.3 is 18.0 Å². The fourth-order valence-corrected chi connectivity index (χ4v) is 2.45. The van der Waals surface area contributed by atoms with Crippen molar-refractivity contribution in [1.82, 2.24) is 10.3 Å². The monoisotopic (exact) mass is 498 g/mol. The molecule has 0 unspecified atom stereocenters. The standard InChI is InChI=1S/C21H31BrN4O5/c1-20(2,3)30-17(27)13-12-16(18(28)31-21(4,5)6)23-19(29)26(7)25-24-15-10-8-14(22)9-11-15/h8-11,16H,12-13H2,1-7H3,(H,23,29)/t16-/m0/s1. The van der Waals surface area contributed by atoms with Gasteiger partial charge < -0.3 is 14.8 Å². The number of esters is 2. The summed E-state index contributed by atoms with van der Waals surface area (Å²) in [5.74, 6) is -1.12. The number of benzene rings is 1. The minimum Gasteiger partial charge on any atom is -0.460 e. The number of carbonyl (C=O) groups is 3. The number of rotatable bonds is 7. The summed E-state index contributed by atoms with van der Waals surface area (Å²) in [5.41, 5.74) is -0.842. The molecule has 0 aliphatic rings. The highest BCUT2D eigenvalue weighted by molar-refractivity contribution is 9.10. The Morgan fingerprint density at radius 1 is 1.03 bits per heavy atom. The van der Waals surface area contributed by atoms with Crippen molar-refractivity contribution in [3.8, 4) is 0 Å². The Morgan fingerprint density at radius 2 is 1.58 bits per heavy atom. The van der Waals surface area contributed by atoms with Gasteiger partial charge in [-0.15, -0.1) is 5.11 Å². The quantitative estimate of drug-likeness (QED) is 0.325. The smallest absolute Gasteiger partial charge is 0.339 e. The lowest BCUT2D eigenvalue weighted by atomic mass is 10.1. The molecule has 1 atom stereocenters. The minimum absolute atomic E-state index is 0.0211. The predicted molar refractivity (Wildman–Crippen MR) is 120 cm³/mol. The first-order valence-electron chi connectivity index (χ1n) is 9.82. The van der Waals surface area contributed by atoms with Crippen LogP contribution in [0.25, 0.3) is 0 Å². The van der Waals surface area contributed by atoms with Crippen LogP contribution in [0, 0.1) is 0 Å². The lowest BCUT2D eigenvalue weighted by Crippen LogP contribution is -2.47. The summed E-state index contributed by atoms with van der Waals surface area (Å²) in [5, 5.41) is 11.3. The molecule has 0 aliphatic carbocycles. The molecule has 172 valence electrons. The van der Waals surface area contributed by atoms with Gasteiger partial charge in [-0.05, 0) is 72.2 Å². The van der Waals surface area contributed by atoms with Gasteiger partial charge in [0.1, 0.15) is 17.2 Å². The molecular formula is C21H31BrN4O5. The molecule has 1 aromatic rings. The van der Waals surface area contributed by atoms with Gasteiger partial charge in [-0.1, -0.05) is 21.2 Å². The largest absolute Gasteiger partial charge is 0.460 e. The first kappa shape index (κ1) is 26.5. The average molecular weight is 499 g/mol. The molecule has 0 aliphatic heterocycles. The Bertz CT molecular complexity index is 797. The summed E-state index contributed by atoms with van der Waals surface area (Å²) in [4.78, 5) is 37.1. The van der Waals surface area contributed by atoms with Crippen LogP contribution in [0.1, 0.15) is 54.4 Å². The minimum atomic E-state index is -1.05. The van der Waals surface area contributed by atoms with Gasteiger partial charge in [0.2, 0.25) is 0 Å². The first-order chi connectivity index (χ1) is 14.2. The average Bonchev–Trinajstić information content (AvgIpc) is 2.61. The van der Waals surface area contributed by atoms with Crippen molar-refractivity contribution in [2.45, 2.75) is 71.6 Å². The van der Waals surface area contributed by atoms with E-state index in [1.807, 2.05) is 0 Å². The maximum absolute atomic E-state index is 12.6. The zero-order valence-electron chi connectivity index (χ0n) is 19.1. The van der Waals surface area contributed by atoms with Gasteiger partial charge in [-0.2, -0.15) is 5.01 Å². The zero-order chi connectivity index (χ0) is 23.8. The van der Waals surface area contributed by atoms with Crippen LogP contribution >= 0.6 is 15.9 Å². The number of amides is 2. The second kappa shape index (κ2) is 11.2. The van der Waals surface area contributed by atoms with Gasteiger partial charge in [0, 0.05) is 17.9 Å². The van der Waals surface area contributed by atoms with E-state index in [2.05, 4.69) is 31.6 Å². The van der Waals surface area contributed by atoms with Crippen LogP contribution in [0.2, 0.25) is 0 Å². The van der Waals surface area contributed by atoms with E-state index in [-0.39, 0.29) is 12.8 Å².